The average molecular weight is 430 g/mol. The van der Waals surface area contributed by atoms with Crippen LogP contribution in [-0.2, 0) is 19.0 Å². The third-order valence-electron chi connectivity index (χ3n) is 5.58. The fourth-order valence-electron chi connectivity index (χ4n) is 4.28. The molecule has 1 amide bonds. The van der Waals surface area contributed by atoms with E-state index in [1.54, 1.807) is 0 Å². The Hall–Kier alpha value is -3.06. The molecule has 0 spiro atoms. The highest BCUT2D eigenvalue weighted by molar-refractivity contribution is 6.61. The molecule has 0 aromatic heterocycles. The fourth-order valence-corrected chi connectivity index (χ4v) is 4.39. The lowest BCUT2D eigenvalue weighted by molar-refractivity contribution is -0.147. The van der Waals surface area contributed by atoms with Gasteiger partial charge in [-0.05, 0) is 28.7 Å². The van der Waals surface area contributed by atoms with Crippen molar-refractivity contribution in [3.63, 3.8) is 0 Å². The first-order valence-electron chi connectivity index (χ1n) is 9.58. The molecule has 1 heterocycles. The number of halogens is 1. The molecule has 1 saturated heterocycles. The lowest BCUT2D eigenvalue weighted by Gasteiger charge is -2.27. The van der Waals surface area contributed by atoms with Gasteiger partial charge in [0, 0.05) is 23.9 Å². The van der Waals surface area contributed by atoms with Crippen molar-refractivity contribution in [2.75, 3.05) is 13.7 Å². The van der Waals surface area contributed by atoms with Crippen LogP contribution in [0.15, 0.2) is 48.5 Å². The van der Waals surface area contributed by atoms with E-state index in [0.29, 0.717) is 0 Å². The summed E-state index contributed by atoms with van der Waals surface area (Å²) >= 11 is 5.33. The number of esters is 1. The first-order valence-corrected chi connectivity index (χ1v) is 9.96. The molecule has 2 unspecified atom stereocenters. The highest BCUT2D eigenvalue weighted by Gasteiger charge is 2.45. The van der Waals surface area contributed by atoms with Gasteiger partial charge in [-0.1, -0.05) is 48.5 Å². The predicted octanol–water partition coefficient (Wildman–Crippen LogP) is 4.27. The van der Waals surface area contributed by atoms with Crippen LogP contribution in [0, 0.1) is 0 Å². The monoisotopic (exact) mass is 429 g/mol. The second-order valence-corrected chi connectivity index (χ2v) is 7.45. The smallest absolute Gasteiger partial charge is 0.413 e. The topological polar surface area (TPSA) is 82.1 Å². The maximum absolute atomic E-state index is 12.9. The van der Waals surface area contributed by atoms with Gasteiger partial charge in [-0.15, -0.1) is 0 Å². The molecule has 156 valence electrons. The Bertz CT molecular complexity index is 948. The standard InChI is InChI=1S/C22H20ClNO6/c1-28-20(25)18-10-11-19(30-21(23)26)24(18)22(27)29-12-17-15-8-4-2-6-13(15)14-7-3-5-9-16(14)17/h2-9,17-19H,10-12H2,1H3. The highest BCUT2D eigenvalue weighted by Crippen LogP contribution is 2.44. The van der Waals surface area contributed by atoms with Gasteiger partial charge in [0.25, 0.3) is 0 Å². The molecular formula is C22H20ClNO6. The maximum atomic E-state index is 12.9. The van der Waals surface area contributed by atoms with Crippen molar-refractivity contribution < 1.29 is 28.6 Å². The Morgan fingerprint density at radius 3 is 2.17 bits per heavy atom. The summed E-state index contributed by atoms with van der Waals surface area (Å²) in [6.07, 6.45) is -1.18. The van der Waals surface area contributed by atoms with Crippen LogP contribution in [-0.4, -0.2) is 48.4 Å². The van der Waals surface area contributed by atoms with Crippen molar-refractivity contribution in [2.45, 2.75) is 31.0 Å². The number of benzene rings is 2. The molecule has 30 heavy (non-hydrogen) atoms. The van der Waals surface area contributed by atoms with Crippen molar-refractivity contribution in [2.24, 2.45) is 0 Å². The summed E-state index contributed by atoms with van der Waals surface area (Å²) in [6.45, 7) is 0.0821. The summed E-state index contributed by atoms with van der Waals surface area (Å²) in [5.41, 5.74) is 3.30. The lowest BCUT2D eigenvalue weighted by atomic mass is 9.98. The summed E-state index contributed by atoms with van der Waals surface area (Å²) in [7, 11) is 1.24. The molecule has 2 aromatic rings. The molecule has 0 bridgehead atoms. The third kappa shape index (κ3) is 3.61. The highest BCUT2D eigenvalue weighted by atomic mass is 35.5. The van der Waals surface area contributed by atoms with E-state index in [1.165, 1.54) is 7.11 Å². The van der Waals surface area contributed by atoms with Crippen LogP contribution in [0.2, 0.25) is 0 Å². The molecular weight excluding hydrogens is 410 g/mol. The lowest BCUT2D eigenvalue weighted by Crippen LogP contribution is -2.47. The van der Waals surface area contributed by atoms with Crippen molar-refractivity contribution in [1.82, 2.24) is 4.90 Å². The van der Waals surface area contributed by atoms with E-state index in [-0.39, 0.29) is 25.4 Å². The second kappa shape index (κ2) is 8.36. The fraction of sp³-hybridized carbons (Fsp3) is 0.318. The Balaban J connectivity index is 1.54. The Kier molecular flexibility index (Phi) is 5.63. The molecule has 0 radical (unpaired) electrons. The number of methoxy groups -OCH3 is 1. The summed E-state index contributed by atoms with van der Waals surface area (Å²) in [5, 5.41) is 0. The Morgan fingerprint density at radius 1 is 1.00 bits per heavy atom. The van der Waals surface area contributed by atoms with Crippen molar-refractivity contribution >= 4 is 29.1 Å². The molecule has 2 atom stereocenters. The number of nitrogens with zero attached hydrogens (tertiary/aromatic N) is 1. The van der Waals surface area contributed by atoms with Crippen LogP contribution in [0.4, 0.5) is 9.59 Å². The summed E-state index contributed by atoms with van der Waals surface area (Å²) < 4.78 is 15.4. The van der Waals surface area contributed by atoms with Crippen LogP contribution >= 0.6 is 11.6 Å². The number of hydrogen-bond acceptors (Lipinski definition) is 6. The van der Waals surface area contributed by atoms with E-state index >= 15 is 0 Å². The van der Waals surface area contributed by atoms with Gasteiger partial charge in [-0.3, -0.25) is 4.90 Å². The first kappa shape index (κ1) is 20.2. The molecule has 2 aromatic carbocycles. The maximum Gasteiger partial charge on any atom is 0.413 e. The van der Waals surface area contributed by atoms with Crippen LogP contribution in [0.3, 0.4) is 0 Å². The van der Waals surface area contributed by atoms with Crippen molar-refractivity contribution in [3.05, 3.63) is 59.7 Å². The minimum atomic E-state index is -1.05. The molecule has 1 aliphatic carbocycles. The van der Waals surface area contributed by atoms with E-state index in [2.05, 4.69) is 0 Å². The normalized spacial score (nSPS) is 19.7. The average Bonchev–Trinajstić information content (AvgIpc) is 3.30. The Morgan fingerprint density at radius 2 is 1.60 bits per heavy atom. The van der Waals surface area contributed by atoms with Gasteiger partial charge in [-0.2, -0.15) is 0 Å². The number of fused-ring (bicyclic) bond motifs is 3. The van der Waals surface area contributed by atoms with E-state index in [9.17, 15) is 14.4 Å². The van der Waals surface area contributed by atoms with Crippen LogP contribution in [0.1, 0.15) is 29.9 Å². The van der Waals surface area contributed by atoms with E-state index in [4.69, 9.17) is 25.8 Å². The zero-order chi connectivity index (χ0) is 21.3. The second-order valence-electron chi connectivity index (χ2n) is 7.14. The van der Waals surface area contributed by atoms with Gasteiger partial charge in [0.1, 0.15) is 12.6 Å². The van der Waals surface area contributed by atoms with Gasteiger partial charge in [0.15, 0.2) is 6.23 Å². The van der Waals surface area contributed by atoms with Gasteiger partial charge < -0.3 is 14.2 Å². The number of ether oxygens (including phenoxy) is 3. The van der Waals surface area contributed by atoms with Gasteiger partial charge in [-0.25, -0.2) is 14.4 Å². The molecule has 2 aliphatic rings. The van der Waals surface area contributed by atoms with E-state index < -0.39 is 29.8 Å². The third-order valence-corrected chi connectivity index (χ3v) is 5.67. The molecule has 0 N–H and O–H groups in total. The number of amides is 1. The van der Waals surface area contributed by atoms with Gasteiger partial charge in [0.05, 0.1) is 7.11 Å². The number of carbonyl (C=O) groups excluding carboxylic acids is 3. The van der Waals surface area contributed by atoms with Crippen LogP contribution < -0.4 is 0 Å². The zero-order valence-corrected chi connectivity index (χ0v) is 17.0. The molecule has 1 aliphatic heterocycles. The minimum Gasteiger partial charge on any atom is -0.467 e. The SMILES string of the molecule is COC(=O)C1CCC(OC(=O)Cl)N1C(=O)OCC1c2ccccc2-c2ccccc21. The molecule has 8 heteroatoms. The van der Waals surface area contributed by atoms with Crippen LogP contribution in [0.5, 0.6) is 0 Å². The minimum absolute atomic E-state index is 0.0821. The van der Waals surface area contributed by atoms with E-state index in [1.807, 2.05) is 48.5 Å². The summed E-state index contributed by atoms with van der Waals surface area (Å²) in [5.74, 6) is -0.730. The molecule has 4 rings (SSSR count). The van der Waals surface area contributed by atoms with Crippen molar-refractivity contribution in [3.8, 4) is 11.1 Å². The summed E-state index contributed by atoms with van der Waals surface area (Å²) in [6, 6.07) is 15.1. The zero-order valence-electron chi connectivity index (χ0n) is 16.2. The van der Waals surface area contributed by atoms with Crippen molar-refractivity contribution in [1.29, 1.82) is 0 Å². The number of likely N-dealkylation sites (tertiary alicyclic amines) is 1. The van der Waals surface area contributed by atoms with Gasteiger partial charge in [0.2, 0.25) is 0 Å². The van der Waals surface area contributed by atoms with E-state index in [0.717, 1.165) is 27.2 Å². The number of carbonyl (C=O) groups is 3. The largest absolute Gasteiger partial charge is 0.467 e. The Labute approximate surface area is 178 Å². The first-order chi connectivity index (χ1) is 14.5. The van der Waals surface area contributed by atoms with Crippen LogP contribution in [0.25, 0.3) is 11.1 Å². The number of hydrogen-bond donors (Lipinski definition) is 0. The molecule has 0 saturated carbocycles. The summed E-state index contributed by atoms with van der Waals surface area (Å²) in [4.78, 5) is 37.3. The molecule has 1 fully saturated rings. The predicted molar refractivity (Wildman–Crippen MR) is 108 cm³/mol. The molecule has 7 nitrogen and oxygen atoms in total. The number of rotatable bonds is 4. The van der Waals surface area contributed by atoms with Gasteiger partial charge >= 0.3 is 17.5 Å². The quantitative estimate of drug-likeness (QED) is 0.410.